The van der Waals surface area contributed by atoms with E-state index in [2.05, 4.69) is 27.3 Å². The van der Waals surface area contributed by atoms with Gasteiger partial charge in [0.25, 0.3) is 0 Å². The molecular weight excluding hydrogens is 320 g/mol. The third kappa shape index (κ3) is 3.89. The van der Waals surface area contributed by atoms with Crippen LogP contribution in [0.15, 0.2) is 18.2 Å². The van der Waals surface area contributed by atoms with Gasteiger partial charge in [-0.05, 0) is 46.4 Å². The van der Waals surface area contributed by atoms with Crippen LogP contribution < -0.4 is 4.74 Å². The molecule has 1 radical (unpaired) electrons. The number of rotatable bonds is 2. The predicted molar refractivity (Wildman–Crippen MR) is 59.5 cm³/mol. The van der Waals surface area contributed by atoms with Crippen LogP contribution >= 0.6 is 22.6 Å². The van der Waals surface area contributed by atoms with E-state index in [4.69, 9.17) is 0 Å². The van der Waals surface area contributed by atoms with Crippen LogP contribution in [-0.2, 0) is 0 Å². The van der Waals surface area contributed by atoms with Gasteiger partial charge in [-0.2, -0.15) is 0 Å². The molecule has 0 aliphatic carbocycles. The Morgan fingerprint density at radius 2 is 1.87 bits per heavy atom. The van der Waals surface area contributed by atoms with E-state index in [1.807, 2.05) is 13.8 Å². The second kappa shape index (κ2) is 4.59. The Morgan fingerprint density at radius 3 is 2.33 bits per heavy atom. The van der Waals surface area contributed by atoms with Crippen molar-refractivity contribution < 1.29 is 17.9 Å². The first-order valence-electron chi connectivity index (χ1n) is 4.15. The normalized spacial score (nSPS) is 11.9. The smallest absolute Gasteiger partial charge is 0.406 e. The van der Waals surface area contributed by atoms with Crippen molar-refractivity contribution in [2.24, 2.45) is 0 Å². The maximum atomic E-state index is 11.9. The summed E-state index contributed by atoms with van der Waals surface area (Å²) in [5.74, 6) is 0.770. The van der Waals surface area contributed by atoms with E-state index in [-0.39, 0.29) is 5.75 Å². The van der Waals surface area contributed by atoms with Crippen molar-refractivity contribution in [1.82, 2.24) is 0 Å². The van der Waals surface area contributed by atoms with E-state index >= 15 is 0 Å². The van der Waals surface area contributed by atoms with Crippen LogP contribution in [0.1, 0.15) is 19.4 Å². The number of hydrogen-bond acceptors (Lipinski definition) is 1. The van der Waals surface area contributed by atoms with E-state index < -0.39 is 6.36 Å². The van der Waals surface area contributed by atoms with Crippen molar-refractivity contribution in [3.8, 4) is 5.75 Å². The van der Waals surface area contributed by atoms with E-state index in [1.54, 1.807) is 6.07 Å². The summed E-state index contributed by atoms with van der Waals surface area (Å²) in [5, 5.41) is 0. The molecule has 83 valence electrons. The molecular formula is C10H9F3IO. The second-order valence-corrected chi connectivity index (χ2v) is 4.35. The van der Waals surface area contributed by atoms with Gasteiger partial charge in [-0.1, -0.05) is 13.8 Å². The van der Waals surface area contributed by atoms with Crippen LogP contribution in [0.3, 0.4) is 0 Å². The molecule has 0 amide bonds. The zero-order valence-corrected chi connectivity index (χ0v) is 10.3. The van der Waals surface area contributed by atoms with Gasteiger partial charge in [-0.25, -0.2) is 0 Å². The highest BCUT2D eigenvalue weighted by molar-refractivity contribution is 14.1. The fraction of sp³-hybridized carbons (Fsp3) is 0.300. The molecule has 0 N–H and O–H groups in total. The zero-order valence-electron chi connectivity index (χ0n) is 8.15. The van der Waals surface area contributed by atoms with Gasteiger partial charge in [0.15, 0.2) is 0 Å². The minimum Gasteiger partial charge on any atom is -0.406 e. The summed E-state index contributed by atoms with van der Waals surface area (Å²) in [7, 11) is 0. The highest BCUT2D eigenvalue weighted by Crippen LogP contribution is 2.28. The van der Waals surface area contributed by atoms with E-state index in [0.29, 0.717) is 0 Å². The monoisotopic (exact) mass is 329 g/mol. The lowest BCUT2D eigenvalue weighted by Crippen LogP contribution is -2.17. The maximum absolute atomic E-state index is 11.9. The lowest BCUT2D eigenvalue weighted by Gasteiger charge is -2.12. The number of halogens is 4. The Bertz CT molecular complexity index is 347. The third-order valence-corrected chi connectivity index (χ3v) is 2.65. The molecule has 5 heteroatoms. The molecule has 0 aliphatic heterocycles. The van der Waals surface area contributed by atoms with E-state index in [0.717, 1.165) is 15.1 Å². The molecule has 0 saturated carbocycles. The van der Waals surface area contributed by atoms with Crippen molar-refractivity contribution in [1.29, 1.82) is 0 Å². The highest BCUT2D eigenvalue weighted by Gasteiger charge is 2.31. The van der Waals surface area contributed by atoms with Crippen LogP contribution in [0.25, 0.3) is 0 Å². The van der Waals surface area contributed by atoms with E-state index in [9.17, 15) is 13.2 Å². The second-order valence-electron chi connectivity index (χ2n) is 3.19. The Kier molecular flexibility index (Phi) is 3.86. The van der Waals surface area contributed by atoms with E-state index in [1.165, 1.54) is 12.1 Å². The first-order valence-corrected chi connectivity index (χ1v) is 5.23. The summed E-state index contributed by atoms with van der Waals surface area (Å²) in [4.78, 5) is 0. The van der Waals surface area contributed by atoms with Crippen molar-refractivity contribution in [2.75, 3.05) is 0 Å². The van der Waals surface area contributed by atoms with Crippen LogP contribution in [-0.4, -0.2) is 6.36 Å². The first-order chi connectivity index (χ1) is 6.79. The van der Waals surface area contributed by atoms with Gasteiger partial charge < -0.3 is 4.74 Å². The summed E-state index contributed by atoms with van der Waals surface area (Å²) < 4.78 is 40.6. The van der Waals surface area contributed by atoms with Gasteiger partial charge >= 0.3 is 6.36 Å². The van der Waals surface area contributed by atoms with Gasteiger partial charge in [0.05, 0.1) is 0 Å². The van der Waals surface area contributed by atoms with Gasteiger partial charge in [-0.3, -0.25) is 0 Å². The molecule has 1 rings (SSSR count). The van der Waals surface area contributed by atoms with Gasteiger partial charge in [0.2, 0.25) is 0 Å². The summed E-state index contributed by atoms with van der Waals surface area (Å²) in [6.07, 6.45) is -4.63. The van der Waals surface area contributed by atoms with Crippen molar-refractivity contribution in [3.05, 3.63) is 33.3 Å². The fourth-order valence-electron chi connectivity index (χ4n) is 1.08. The summed E-state index contributed by atoms with van der Waals surface area (Å²) >= 11 is 2.07. The summed E-state index contributed by atoms with van der Waals surface area (Å²) in [5.41, 5.74) is 0.775. The molecule has 0 unspecified atom stereocenters. The molecule has 1 aromatic rings. The topological polar surface area (TPSA) is 9.23 Å². The molecule has 0 aliphatic rings. The molecule has 1 nitrogen and oxygen atoms in total. The van der Waals surface area contributed by atoms with Gasteiger partial charge in [-0.15, -0.1) is 13.2 Å². The number of benzene rings is 1. The maximum Gasteiger partial charge on any atom is 0.573 e. The standard InChI is InChI=1S/C10H9F3IO/c1-6(2)8-5-7(3-4-9(8)14)15-10(11,12)13/h3-5H,1-2H3. The molecule has 0 aromatic heterocycles. The Morgan fingerprint density at radius 1 is 1.27 bits per heavy atom. The average Bonchev–Trinajstić information content (AvgIpc) is 2.05. The summed E-state index contributed by atoms with van der Waals surface area (Å²) in [6.45, 7) is 3.68. The minimum absolute atomic E-state index is 0.181. The SMILES string of the molecule is C[C](C)c1cc(OC(F)(F)F)ccc1I. The lowest BCUT2D eigenvalue weighted by molar-refractivity contribution is -0.274. The number of ether oxygens (including phenoxy) is 1. The average molecular weight is 329 g/mol. The molecule has 1 aromatic carbocycles. The molecule has 0 atom stereocenters. The first kappa shape index (κ1) is 12.6. The third-order valence-electron chi connectivity index (χ3n) is 1.71. The number of hydrogen-bond donors (Lipinski definition) is 0. The molecule has 0 bridgehead atoms. The molecule has 0 spiro atoms. The lowest BCUT2D eigenvalue weighted by atomic mass is 10.0. The van der Waals surface area contributed by atoms with Crippen molar-refractivity contribution >= 4 is 22.6 Å². The zero-order chi connectivity index (χ0) is 11.6. The van der Waals surface area contributed by atoms with Crippen molar-refractivity contribution in [2.45, 2.75) is 20.2 Å². The Hall–Kier alpha value is -0.460. The van der Waals surface area contributed by atoms with Crippen LogP contribution in [0, 0.1) is 9.49 Å². The Balaban J connectivity index is 2.98. The minimum atomic E-state index is -4.63. The molecule has 0 saturated heterocycles. The predicted octanol–water partition coefficient (Wildman–Crippen LogP) is 4.15. The highest BCUT2D eigenvalue weighted by atomic mass is 127. The molecule has 0 heterocycles. The van der Waals surface area contributed by atoms with Gasteiger partial charge in [0, 0.05) is 9.49 Å². The van der Waals surface area contributed by atoms with Crippen LogP contribution in [0.4, 0.5) is 13.2 Å². The fourth-order valence-corrected chi connectivity index (χ4v) is 1.96. The largest absolute Gasteiger partial charge is 0.573 e. The number of alkyl halides is 3. The quantitative estimate of drug-likeness (QED) is 0.741. The van der Waals surface area contributed by atoms with Crippen LogP contribution in [0.5, 0.6) is 5.75 Å². The van der Waals surface area contributed by atoms with Gasteiger partial charge in [0.1, 0.15) is 5.75 Å². The Labute approximate surface area is 99.8 Å². The van der Waals surface area contributed by atoms with Crippen molar-refractivity contribution in [3.63, 3.8) is 0 Å². The van der Waals surface area contributed by atoms with Crippen LogP contribution in [0.2, 0.25) is 0 Å². The molecule has 0 fully saturated rings. The molecule has 15 heavy (non-hydrogen) atoms. The summed E-state index contributed by atoms with van der Waals surface area (Å²) in [6, 6.07) is 4.30.